The van der Waals surface area contributed by atoms with Crippen molar-refractivity contribution in [3.8, 4) is 11.5 Å². The number of nitrogens with zero attached hydrogens (tertiary/aromatic N) is 1. The summed E-state index contributed by atoms with van der Waals surface area (Å²) in [7, 11) is 0. The van der Waals surface area contributed by atoms with Gasteiger partial charge in [0.1, 0.15) is 11.5 Å². The van der Waals surface area contributed by atoms with Gasteiger partial charge in [-0.1, -0.05) is 15.9 Å². The fraction of sp³-hybridized carbons (Fsp3) is 0.143. The fourth-order valence-corrected chi connectivity index (χ4v) is 2.19. The van der Waals surface area contributed by atoms with E-state index in [0.717, 1.165) is 10.0 Å². The molecule has 2 aromatic rings. The van der Waals surface area contributed by atoms with E-state index in [-0.39, 0.29) is 11.6 Å². The number of benzene rings is 2. The van der Waals surface area contributed by atoms with Gasteiger partial charge in [0.15, 0.2) is 0 Å². The first-order chi connectivity index (χ1) is 9.51. The molecule has 0 N–H and O–H groups in total. The number of hydrogen-bond donors (Lipinski definition) is 0. The van der Waals surface area contributed by atoms with Crippen LogP contribution in [0.2, 0.25) is 0 Å². The quantitative estimate of drug-likeness (QED) is 0.430. The van der Waals surface area contributed by atoms with E-state index in [2.05, 4.69) is 15.9 Å². The normalized spacial score (nSPS) is 10.3. The van der Waals surface area contributed by atoms with Gasteiger partial charge in [0.25, 0.3) is 5.69 Å². The first-order valence-corrected chi connectivity index (χ1v) is 7.11. The number of ether oxygens (including phenoxy) is 1. The SMILES string of the molecule is Cc1cc(Oc2ccc([N+](=O)[O-])c(CCl)c2)ccc1Br. The van der Waals surface area contributed by atoms with Gasteiger partial charge in [-0.05, 0) is 42.8 Å². The molecule has 0 amide bonds. The summed E-state index contributed by atoms with van der Waals surface area (Å²) >= 11 is 9.15. The molecule has 0 spiro atoms. The predicted molar refractivity (Wildman–Crippen MR) is 81.6 cm³/mol. The maximum Gasteiger partial charge on any atom is 0.274 e. The minimum Gasteiger partial charge on any atom is -0.457 e. The summed E-state index contributed by atoms with van der Waals surface area (Å²) in [6.45, 7) is 1.96. The van der Waals surface area contributed by atoms with Gasteiger partial charge in [0, 0.05) is 16.1 Å². The minimum atomic E-state index is -0.453. The van der Waals surface area contributed by atoms with E-state index in [0.29, 0.717) is 17.1 Å². The van der Waals surface area contributed by atoms with E-state index >= 15 is 0 Å². The molecule has 104 valence electrons. The lowest BCUT2D eigenvalue weighted by atomic mass is 10.2. The molecule has 0 aromatic heterocycles. The molecule has 0 bridgehead atoms. The van der Waals surface area contributed by atoms with Crippen LogP contribution < -0.4 is 4.74 Å². The van der Waals surface area contributed by atoms with Gasteiger partial charge in [-0.15, -0.1) is 11.6 Å². The van der Waals surface area contributed by atoms with Gasteiger partial charge in [0.2, 0.25) is 0 Å². The maximum absolute atomic E-state index is 10.8. The third kappa shape index (κ3) is 3.29. The summed E-state index contributed by atoms with van der Waals surface area (Å²) in [5.41, 5.74) is 1.48. The molecular weight excluding hydrogens is 346 g/mol. The highest BCUT2D eigenvalue weighted by Crippen LogP contribution is 2.30. The van der Waals surface area contributed by atoms with Crippen LogP contribution in [-0.2, 0) is 5.88 Å². The Morgan fingerprint density at radius 3 is 2.50 bits per heavy atom. The number of aryl methyl sites for hydroxylation is 1. The second-order valence-electron chi connectivity index (χ2n) is 4.19. The molecular formula is C14H11BrClNO3. The first kappa shape index (κ1) is 14.8. The Morgan fingerprint density at radius 1 is 1.25 bits per heavy atom. The molecule has 0 saturated heterocycles. The maximum atomic E-state index is 10.8. The van der Waals surface area contributed by atoms with Gasteiger partial charge >= 0.3 is 0 Å². The Labute approximate surface area is 129 Å². The molecule has 20 heavy (non-hydrogen) atoms. The van der Waals surface area contributed by atoms with Crippen LogP contribution in [0.25, 0.3) is 0 Å². The molecule has 6 heteroatoms. The summed E-state index contributed by atoms with van der Waals surface area (Å²) in [5, 5.41) is 10.8. The molecule has 0 aliphatic heterocycles. The number of rotatable bonds is 4. The monoisotopic (exact) mass is 355 g/mol. The van der Waals surface area contributed by atoms with Crippen molar-refractivity contribution in [1.29, 1.82) is 0 Å². The molecule has 0 heterocycles. The van der Waals surface area contributed by atoms with E-state index < -0.39 is 4.92 Å². The molecule has 0 atom stereocenters. The Bertz CT molecular complexity index is 661. The van der Waals surface area contributed by atoms with E-state index in [1.165, 1.54) is 6.07 Å². The highest BCUT2D eigenvalue weighted by atomic mass is 79.9. The van der Waals surface area contributed by atoms with Crippen LogP contribution in [0.5, 0.6) is 11.5 Å². The molecule has 2 rings (SSSR count). The Hall–Kier alpha value is -1.59. The zero-order chi connectivity index (χ0) is 14.7. The topological polar surface area (TPSA) is 52.4 Å². The van der Waals surface area contributed by atoms with Crippen molar-refractivity contribution in [3.63, 3.8) is 0 Å². The van der Waals surface area contributed by atoms with Crippen molar-refractivity contribution in [3.05, 3.63) is 62.1 Å². The van der Waals surface area contributed by atoms with Crippen LogP contribution in [0.3, 0.4) is 0 Å². The lowest BCUT2D eigenvalue weighted by Crippen LogP contribution is -1.94. The number of alkyl halides is 1. The van der Waals surface area contributed by atoms with Crippen molar-refractivity contribution in [2.24, 2.45) is 0 Å². The van der Waals surface area contributed by atoms with E-state index in [1.807, 2.05) is 25.1 Å². The molecule has 0 unspecified atom stereocenters. The van der Waals surface area contributed by atoms with E-state index in [1.54, 1.807) is 12.1 Å². The second-order valence-corrected chi connectivity index (χ2v) is 5.32. The first-order valence-electron chi connectivity index (χ1n) is 5.78. The number of nitro benzene ring substituents is 1. The second kappa shape index (κ2) is 6.24. The number of halogens is 2. The molecule has 4 nitrogen and oxygen atoms in total. The van der Waals surface area contributed by atoms with Crippen LogP contribution in [0.4, 0.5) is 5.69 Å². The molecule has 2 aromatic carbocycles. The van der Waals surface area contributed by atoms with Crippen molar-refractivity contribution >= 4 is 33.2 Å². The smallest absolute Gasteiger partial charge is 0.274 e. The highest BCUT2D eigenvalue weighted by Gasteiger charge is 2.14. The van der Waals surface area contributed by atoms with Crippen LogP contribution in [0.15, 0.2) is 40.9 Å². The zero-order valence-corrected chi connectivity index (χ0v) is 12.9. The van der Waals surface area contributed by atoms with Crippen molar-refractivity contribution in [2.75, 3.05) is 0 Å². The third-order valence-electron chi connectivity index (χ3n) is 2.76. The average molecular weight is 357 g/mol. The van der Waals surface area contributed by atoms with Gasteiger partial charge in [-0.25, -0.2) is 0 Å². The van der Waals surface area contributed by atoms with Gasteiger partial charge in [-0.2, -0.15) is 0 Å². The summed E-state index contributed by atoms with van der Waals surface area (Å²) in [5.74, 6) is 1.25. The summed E-state index contributed by atoms with van der Waals surface area (Å²) in [6, 6.07) is 10.1. The third-order valence-corrected chi connectivity index (χ3v) is 3.93. The number of hydrogen-bond acceptors (Lipinski definition) is 3. The summed E-state index contributed by atoms with van der Waals surface area (Å²) in [4.78, 5) is 10.4. The van der Waals surface area contributed by atoms with Gasteiger partial charge < -0.3 is 4.74 Å². The largest absolute Gasteiger partial charge is 0.457 e. The molecule has 0 saturated carbocycles. The van der Waals surface area contributed by atoms with Crippen LogP contribution >= 0.6 is 27.5 Å². The Kier molecular flexibility index (Phi) is 4.62. The molecule has 0 fully saturated rings. The molecule has 0 aliphatic rings. The Morgan fingerprint density at radius 2 is 1.90 bits per heavy atom. The Balaban J connectivity index is 2.29. The average Bonchev–Trinajstić information content (AvgIpc) is 2.42. The van der Waals surface area contributed by atoms with Gasteiger partial charge in [-0.3, -0.25) is 10.1 Å². The van der Waals surface area contributed by atoms with Crippen molar-refractivity contribution < 1.29 is 9.66 Å². The van der Waals surface area contributed by atoms with E-state index in [4.69, 9.17) is 16.3 Å². The summed E-state index contributed by atoms with van der Waals surface area (Å²) < 4.78 is 6.68. The lowest BCUT2D eigenvalue weighted by molar-refractivity contribution is -0.385. The van der Waals surface area contributed by atoms with Gasteiger partial charge in [0.05, 0.1) is 10.8 Å². The minimum absolute atomic E-state index is 0.000614. The van der Waals surface area contributed by atoms with Crippen LogP contribution in [0, 0.1) is 17.0 Å². The fourth-order valence-electron chi connectivity index (χ4n) is 1.73. The molecule has 0 aliphatic carbocycles. The number of nitro groups is 1. The van der Waals surface area contributed by atoms with E-state index in [9.17, 15) is 10.1 Å². The zero-order valence-electron chi connectivity index (χ0n) is 10.6. The molecule has 0 radical (unpaired) electrons. The van der Waals surface area contributed by atoms with Crippen molar-refractivity contribution in [2.45, 2.75) is 12.8 Å². The van der Waals surface area contributed by atoms with Crippen molar-refractivity contribution in [1.82, 2.24) is 0 Å². The summed E-state index contributed by atoms with van der Waals surface area (Å²) in [6.07, 6.45) is 0. The standard InChI is InChI=1S/C14H11BrClNO3/c1-9-6-11(2-4-13(9)15)20-12-3-5-14(17(18)19)10(7-12)8-16/h2-7H,8H2,1H3. The van der Waals surface area contributed by atoms with Crippen LogP contribution in [-0.4, -0.2) is 4.92 Å². The lowest BCUT2D eigenvalue weighted by Gasteiger charge is -2.08. The highest BCUT2D eigenvalue weighted by molar-refractivity contribution is 9.10. The predicted octanol–water partition coefficient (Wildman–Crippen LogP) is 5.20. The van der Waals surface area contributed by atoms with Crippen LogP contribution in [0.1, 0.15) is 11.1 Å².